The Bertz CT molecular complexity index is 734. The van der Waals surface area contributed by atoms with Crippen LogP contribution in [-0.4, -0.2) is 12.2 Å². The molecular formula is C20H21BrO2. The van der Waals surface area contributed by atoms with Gasteiger partial charge in [0.2, 0.25) is 0 Å². The summed E-state index contributed by atoms with van der Waals surface area (Å²) in [5, 5.41) is 12.0. The Morgan fingerprint density at radius 2 is 1.78 bits per heavy atom. The number of fused-ring (bicyclic) bond motifs is 1. The fourth-order valence-electron chi connectivity index (χ4n) is 4.47. The monoisotopic (exact) mass is 372 g/mol. The number of halogens is 1. The first-order valence-electron chi connectivity index (χ1n) is 8.25. The molecule has 0 aromatic heterocycles. The van der Waals surface area contributed by atoms with Gasteiger partial charge in [0.1, 0.15) is 11.4 Å². The largest absolute Gasteiger partial charge is 0.497 e. The van der Waals surface area contributed by atoms with Gasteiger partial charge >= 0.3 is 0 Å². The van der Waals surface area contributed by atoms with Crippen molar-refractivity contribution in [3.05, 3.63) is 63.6 Å². The molecule has 1 N–H and O–H groups in total. The molecule has 2 aromatic carbocycles. The average molecular weight is 373 g/mol. The summed E-state index contributed by atoms with van der Waals surface area (Å²) in [6.45, 7) is 0. The molecule has 1 saturated carbocycles. The van der Waals surface area contributed by atoms with Gasteiger partial charge in [0, 0.05) is 9.89 Å². The number of ether oxygens (including phenoxy) is 1. The molecule has 0 aliphatic heterocycles. The van der Waals surface area contributed by atoms with Gasteiger partial charge in [0.05, 0.1) is 7.11 Å². The van der Waals surface area contributed by atoms with E-state index in [1.54, 1.807) is 7.11 Å². The molecule has 23 heavy (non-hydrogen) atoms. The van der Waals surface area contributed by atoms with Crippen molar-refractivity contribution < 1.29 is 9.84 Å². The Morgan fingerprint density at radius 1 is 1.04 bits per heavy atom. The van der Waals surface area contributed by atoms with Crippen molar-refractivity contribution in [3.8, 4) is 5.75 Å². The summed E-state index contributed by atoms with van der Waals surface area (Å²) < 4.78 is 6.41. The first-order valence-corrected chi connectivity index (χ1v) is 9.04. The number of methoxy groups -OCH3 is 1. The van der Waals surface area contributed by atoms with Crippen molar-refractivity contribution >= 4 is 15.9 Å². The van der Waals surface area contributed by atoms with E-state index < -0.39 is 5.60 Å². The number of benzene rings is 2. The van der Waals surface area contributed by atoms with Crippen molar-refractivity contribution in [2.24, 2.45) is 5.41 Å². The van der Waals surface area contributed by atoms with Gasteiger partial charge in [-0.2, -0.15) is 0 Å². The highest BCUT2D eigenvalue weighted by Crippen LogP contribution is 2.62. The van der Waals surface area contributed by atoms with E-state index >= 15 is 0 Å². The summed E-state index contributed by atoms with van der Waals surface area (Å²) >= 11 is 3.50. The molecule has 0 bridgehead atoms. The lowest BCUT2D eigenvalue weighted by molar-refractivity contribution is -0.118. The van der Waals surface area contributed by atoms with Crippen molar-refractivity contribution in [1.82, 2.24) is 0 Å². The zero-order valence-electron chi connectivity index (χ0n) is 13.3. The Labute approximate surface area is 145 Å². The summed E-state index contributed by atoms with van der Waals surface area (Å²) in [5.41, 5.74) is 2.37. The number of hydrogen-bond donors (Lipinski definition) is 1. The van der Waals surface area contributed by atoms with Crippen LogP contribution in [0, 0.1) is 5.41 Å². The quantitative estimate of drug-likeness (QED) is 0.819. The maximum atomic E-state index is 12.0. The third kappa shape index (κ3) is 2.10. The van der Waals surface area contributed by atoms with Crippen LogP contribution in [0.4, 0.5) is 0 Å². The maximum absolute atomic E-state index is 12.0. The maximum Gasteiger partial charge on any atom is 0.120 e. The van der Waals surface area contributed by atoms with Crippen LogP contribution in [0.5, 0.6) is 5.75 Å². The SMILES string of the molecule is COc1ccc2c(c1)CCC1(CCC1)C2(O)c1ccc(Br)cc1. The van der Waals surface area contributed by atoms with Crippen molar-refractivity contribution in [2.45, 2.75) is 37.7 Å². The molecule has 0 saturated heterocycles. The molecule has 1 fully saturated rings. The summed E-state index contributed by atoms with van der Waals surface area (Å²) in [4.78, 5) is 0. The Morgan fingerprint density at radius 3 is 2.39 bits per heavy atom. The van der Waals surface area contributed by atoms with Crippen LogP contribution in [0.25, 0.3) is 0 Å². The van der Waals surface area contributed by atoms with Gasteiger partial charge in [0.15, 0.2) is 0 Å². The molecule has 2 aromatic rings. The summed E-state index contributed by atoms with van der Waals surface area (Å²) in [6.07, 6.45) is 5.48. The molecule has 2 aliphatic carbocycles. The van der Waals surface area contributed by atoms with Crippen LogP contribution in [0.15, 0.2) is 46.9 Å². The summed E-state index contributed by atoms with van der Waals surface area (Å²) in [5.74, 6) is 0.867. The first-order chi connectivity index (χ1) is 11.1. The van der Waals surface area contributed by atoms with E-state index in [1.165, 1.54) is 12.0 Å². The van der Waals surface area contributed by atoms with Crippen LogP contribution in [0.3, 0.4) is 0 Å². The lowest BCUT2D eigenvalue weighted by Gasteiger charge is -2.57. The summed E-state index contributed by atoms with van der Waals surface area (Å²) in [7, 11) is 1.69. The number of aliphatic hydroxyl groups is 1. The minimum absolute atomic E-state index is 0.0115. The Hall–Kier alpha value is -1.32. The molecule has 0 radical (unpaired) electrons. The van der Waals surface area contributed by atoms with E-state index in [4.69, 9.17) is 4.74 Å². The van der Waals surface area contributed by atoms with Crippen LogP contribution in [-0.2, 0) is 12.0 Å². The van der Waals surface area contributed by atoms with Crippen molar-refractivity contribution in [3.63, 3.8) is 0 Å². The smallest absolute Gasteiger partial charge is 0.120 e. The molecule has 3 heteroatoms. The number of rotatable bonds is 2. The Kier molecular flexibility index (Phi) is 3.54. The molecule has 0 heterocycles. The van der Waals surface area contributed by atoms with E-state index in [0.29, 0.717) is 0 Å². The van der Waals surface area contributed by atoms with Crippen molar-refractivity contribution in [2.75, 3.05) is 7.11 Å². The van der Waals surface area contributed by atoms with E-state index in [1.807, 2.05) is 18.2 Å². The van der Waals surface area contributed by atoms with E-state index in [-0.39, 0.29) is 5.41 Å². The minimum atomic E-state index is -0.897. The normalized spacial score (nSPS) is 24.8. The zero-order valence-corrected chi connectivity index (χ0v) is 14.9. The van der Waals surface area contributed by atoms with Crippen LogP contribution >= 0.6 is 15.9 Å². The predicted octanol–water partition coefficient (Wildman–Crippen LogP) is 4.81. The first kappa shape index (κ1) is 15.2. The average Bonchev–Trinajstić information content (AvgIpc) is 2.53. The van der Waals surface area contributed by atoms with Gasteiger partial charge in [0.25, 0.3) is 0 Å². The van der Waals surface area contributed by atoms with Crippen LogP contribution in [0.1, 0.15) is 42.4 Å². The third-order valence-corrected chi connectivity index (χ3v) is 6.44. The predicted molar refractivity (Wildman–Crippen MR) is 94.7 cm³/mol. The third-order valence-electron chi connectivity index (χ3n) is 5.92. The van der Waals surface area contributed by atoms with Crippen LogP contribution in [0.2, 0.25) is 0 Å². The van der Waals surface area contributed by atoms with E-state index in [0.717, 1.165) is 47.0 Å². The highest BCUT2D eigenvalue weighted by molar-refractivity contribution is 9.10. The standard InChI is InChI=1S/C20H21BrO2/c1-23-17-7-8-18-14(13-17)9-12-19(10-2-11-19)20(18,22)15-3-5-16(21)6-4-15/h3-8,13,22H,2,9-12H2,1H3. The second-order valence-corrected chi connectivity index (χ2v) is 7.79. The summed E-state index contributed by atoms with van der Waals surface area (Å²) in [6, 6.07) is 14.3. The molecule has 120 valence electrons. The molecular weight excluding hydrogens is 352 g/mol. The lowest BCUT2D eigenvalue weighted by atomic mass is 9.50. The van der Waals surface area contributed by atoms with Gasteiger partial charge in [-0.1, -0.05) is 40.5 Å². The van der Waals surface area contributed by atoms with Gasteiger partial charge in [-0.3, -0.25) is 0 Å². The van der Waals surface area contributed by atoms with Gasteiger partial charge in [-0.05, 0) is 66.6 Å². The van der Waals surface area contributed by atoms with Gasteiger partial charge in [-0.25, -0.2) is 0 Å². The molecule has 2 aliphatic rings. The molecule has 1 atom stereocenters. The van der Waals surface area contributed by atoms with Gasteiger partial charge < -0.3 is 9.84 Å². The molecule has 1 unspecified atom stereocenters. The van der Waals surface area contributed by atoms with E-state index in [2.05, 4.69) is 40.2 Å². The van der Waals surface area contributed by atoms with E-state index in [9.17, 15) is 5.11 Å². The molecule has 1 spiro atoms. The highest BCUT2D eigenvalue weighted by Gasteiger charge is 2.57. The van der Waals surface area contributed by atoms with Crippen LogP contribution < -0.4 is 4.74 Å². The second kappa shape index (κ2) is 5.35. The second-order valence-electron chi connectivity index (χ2n) is 6.87. The minimum Gasteiger partial charge on any atom is -0.497 e. The molecule has 0 amide bonds. The zero-order chi connectivity index (χ0) is 16.1. The Balaban J connectivity index is 1.92. The molecule has 4 rings (SSSR count). The number of hydrogen-bond acceptors (Lipinski definition) is 2. The highest BCUT2D eigenvalue weighted by atomic mass is 79.9. The number of aryl methyl sites for hydroxylation is 1. The fourth-order valence-corrected chi connectivity index (χ4v) is 4.73. The topological polar surface area (TPSA) is 29.5 Å². The fraction of sp³-hybridized carbons (Fsp3) is 0.400. The lowest BCUT2D eigenvalue weighted by Crippen LogP contribution is -2.53. The van der Waals surface area contributed by atoms with Gasteiger partial charge in [-0.15, -0.1) is 0 Å². The molecule has 2 nitrogen and oxygen atoms in total. The van der Waals surface area contributed by atoms with Crippen molar-refractivity contribution in [1.29, 1.82) is 0 Å².